The zero-order chi connectivity index (χ0) is 29.6. The summed E-state index contributed by atoms with van der Waals surface area (Å²) in [6.07, 6.45) is 1.57. The van der Waals surface area contributed by atoms with Gasteiger partial charge in [-0.2, -0.15) is 9.97 Å². The number of nitrogens with zero attached hydrogens (tertiary/aromatic N) is 4. The van der Waals surface area contributed by atoms with Crippen LogP contribution in [0.1, 0.15) is 33.9 Å². The first-order chi connectivity index (χ1) is 19.6. The second kappa shape index (κ2) is 13.5. The minimum atomic E-state index is -1.44. The molecule has 0 saturated carbocycles. The third-order valence-electron chi connectivity index (χ3n) is 7.46. The molecule has 10 nitrogen and oxygen atoms in total. The third kappa shape index (κ3) is 8.08. The summed E-state index contributed by atoms with van der Waals surface area (Å²) < 4.78 is 16.9. The lowest BCUT2D eigenvalue weighted by atomic mass is 10.0. The van der Waals surface area contributed by atoms with E-state index in [0.29, 0.717) is 18.9 Å². The Morgan fingerprint density at radius 2 is 1.71 bits per heavy atom. The Hall–Kier alpha value is -3.41. The number of rotatable bonds is 12. The predicted molar refractivity (Wildman–Crippen MR) is 166 cm³/mol. The van der Waals surface area contributed by atoms with Crippen LogP contribution in [-0.4, -0.2) is 94.3 Å². The van der Waals surface area contributed by atoms with Gasteiger partial charge < -0.3 is 34.3 Å². The number of nitrogens with one attached hydrogen (secondary N) is 2. The number of piperazine rings is 1. The predicted octanol–water partition coefficient (Wildman–Crippen LogP) is 3.83. The Kier molecular flexibility index (Phi) is 10.1. The van der Waals surface area contributed by atoms with Crippen LogP contribution in [0.3, 0.4) is 0 Å². The zero-order valence-electron chi connectivity index (χ0n) is 25.5. The van der Waals surface area contributed by atoms with Crippen LogP contribution in [0, 0.1) is 6.92 Å². The second-order valence-electron chi connectivity index (χ2n) is 11.7. The summed E-state index contributed by atoms with van der Waals surface area (Å²) >= 11 is 0. The number of anilines is 2. The molecule has 1 aliphatic heterocycles. The van der Waals surface area contributed by atoms with Crippen molar-refractivity contribution in [2.75, 3.05) is 71.2 Å². The van der Waals surface area contributed by atoms with Crippen molar-refractivity contribution in [2.45, 2.75) is 39.4 Å². The average Bonchev–Trinajstić information content (AvgIpc) is 3.41. The molecule has 222 valence electrons. The highest BCUT2D eigenvalue weighted by Gasteiger charge is 2.22. The van der Waals surface area contributed by atoms with E-state index >= 15 is 0 Å². The zero-order valence-corrected chi connectivity index (χ0v) is 26.5. The molecule has 3 aromatic rings. The van der Waals surface area contributed by atoms with Gasteiger partial charge in [0.05, 0.1) is 22.3 Å². The Morgan fingerprint density at radius 1 is 1.02 bits per heavy atom. The maximum absolute atomic E-state index is 13.1. The first-order valence-corrected chi connectivity index (χ1v) is 17.7. The number of furan rings is 1. The van der Waals surface area contributed by atoms with Gasteiger partial charge in [0.25, 0.3) is 5.91 Å². The number of benzene rings is 1. The number of hydrogen-bond acceptors (Lipinski definition) is 9. The lowest BCUT2D eigenvalue weighted by Crippen LogP contribution is -2.44. The highest BCUT2D eigenvalue weighted by atomic mass is 28.3. The number of carbonyl (C=O) groups is 1. The van der Waals surface area contributed by atoms with Crippen molar-refractivity contribution in [1.82, 2.24) is 19.8 Å². The van der Waals surface area contributed by atoms with Crippen LogP contribution < -0.4 is 25.3 Å². The van der Waals surface area contributed by atoms with Crippen LogP contribution in [0.4, 0.5) is 11.6 Å². The molecule has 0 atom stereocenters. The lowest BCUT2D eigenvalue weighted by molar-refractivity contribution is 0.0994. The van der Waals surface area contributed by atoms with Crippen molar-refractivity contribution in [3.63, 3.8) is 0 Å². The lowest BCUT2D eigenvalue weighted by Gasteiger charge is -2.32. The van der Waals surface area contributed by atoms with Gasteiger partial charge in [0.15, 0.2) is 11.4 Å². The molecule has 0 radical (unpaired) electrons. The smallest absolute Gasteiger partial charge is 0.291 e. The van der Waals surface area contributed by atoms with E-state index in [4.69, 9.17) is 13.9 Å². The van der Waals surface area contributed by atoms with Gasteiger partial charge >= 0.3 is 0 Å². The Labute approximate surface area is 244 Å². The van der Waals surface area contributed by atoms with Crippen LogP contribution in [0.2, 0.25) is 19.6 Å². The quantitative estimate of drug-likeness (QED) is 0.244. The molecule has 11 heteroatoms. The van der Waals surface area contributed by atoms with Gasteiger partial charge in [-0.15, -0.1) is 0 Å². The minimum absolute atomic E-state index is 0.189. The molecule has 41 heavy (non-hydrogen) atoms. The number of hydrogen-bond donors (Lipinski definition) is 2. The Bertz CT molecular complexity index is 1310. The molecule has 1 saturated heterocycles. The van der Waals surface area contributed by atoms with Crippen molar-refractivity contribution in [1.29, 1.82) is 0 Å². The summed E-state index contributed by atoms with van der Waals surface area (Å²) in [5.41, 5.74) is 2.66. The van der Waals surface area contributed by atoms with E-state index in [1.165, 1.54) is 30.5 Å². The van der Waals surface area contributed by atoms with E-state index in [1.807, 2.05) is 6.07 Å². The fourth-order valence-corrected chi connectivity index (χ4v) is 5.95. The third-order valence-corrected chi connectivity index (χ3v) is 9.51. The van der Waals surface area contributed by atoms with E-state index < -0.39 is 14.0 Å². The summed E-state index contributed by atoms with van der Waals surface area (Å²) in [7, 11) is 3.71. The molecule has 4 rings (SSSR count). The SMILES string of the molecule is COc1nc(NCCCN2CCN(C)CC2)nc(OC)c1NC(=O)c1ccc(Cc2cc([Si](C)(C)C)ccc2C)o1. The Morgan fingerprint density at radius 3 is 2.34 bits per heavy atom. The molecule has 0 spiro atoms. The molecule has 3 heterocycles. The van der Waals surface area contributed by atoms with Gasteiger partial charge in [0.2, 0.25) is 17.7 Å². The topological polar surface area (TPSA) is 105 Å². The standard InChI is InChI=1S/C30H44N6O4Si/c1-21-9-11-24(41(5,6)7)20-22(21)19-23-10-12-25(40-23)27(37)32-26-28(38-3)33-30(34-29(26)39-4)31-13-8-14-36-17-15-35(2)16-18-36/h9-12,20H,8,13-19H2,1-7H3,(H,32,37)(H,31,33,34). The molecule has 0 unspecified atom stereocenters. The van der Waals surface area contributed by atoms with Gasteiger partial charge in [-0.3, -0.25) is 4.79 Å². The largest absolute Gasteiger partial charge is 0.479 e. The summed E-state index contributed by atoms with van der Waals surface area (Å²) in [5, 5.41) is 7.46. The minimum Gasteiger partial charge on any atom is -0.479 e. The molecule has 1 aromatic carbocycles. The first kappa shape index (κ1) is 30.5. The summed E-state index contributed by atoms with van der Waals surface area (Å²) in [4.78, 5) is 26.9. The normalized spacial score (nSPS) is 14.6. The molecular weight excluding hydrogens is 536 g/mol. The van der Waals surface area contributed by atoms with Crippen LogP contribution in [0.15, 0.2) is 34.7 Å². The highest BCUT2D eigenvalue weighted by molar-refractivity contribution is 6.88. The molecule has 1 fully saturated rings. The molecule has 2 aromatic heterocycles. The van der Waals surface area contributed by atoms with Crippen molar-refractivity contribution in [3.8, 4) is 11.8 Å². The van der Waals surface area contributed by atoms with E-state index in [-0.39, 0.29) is 23.2 Å². The fourth-order valence-electron chi connectivity index (χ4n) is 4.76. The van der Waals surface area contributed by atoms with Gasteiger partial charge in [0.1, 0.15) is 5.76 Å². The highest BCUT2D eigenvalue weighted by Crippen LogP contribution is 2.33. The number of ether oxygens (including phenoxy) is 2. The van der Waals surface area contributed by atoms with Crippen LogP contribution in [0.25, 0.3) is 0 Å². The van der Waals surface area contributed by atoms with Crippen LogP contribution in [-0.2, 0) is 6.42 Å². The number of likely N-dealkylation sites (N-methyl/N-ethyl adjacent to an activating group) is 1. The maximum Gasteiger partial charge on any atom is 0.291 e. The number of aryl methyl sites for hydroxylation is 1. The number of amides is 1. The van der Waals surface area contributed by atoms with E-state index in [1.54, 1.807) is 6.07 Å². The molecule has 0 aliphatic carbocycles. The summed E-state index contributed by atoms with van der Waals surface area (Å²) in [6.45, 7) is 15.2. The number of methoxy groups -OCH3 is 2. The van der Waals surface area contributed by atoms with Crippen molar-refractivity contribution in [3.05, 3.63) is 53.0 Å². The van der Waals surface area contributed by atoms with Crippen molar-refractivity contribution >= 4 is 30.8 Å². The molecule has 1 amide bonds. The van der Waals surface area contributed by atoms with Crippen molar-refractivity contribution in [2.24, 2.45) is 0 Å². The van der Waals surface area contributed by atoms with Gasteiger partial charge in [-0.25, -0.2) is 0 Å². The van der Waals surface area contributed by atoms with E-state index in [2.05, 4.69) is 82.2 Å². The molecule has 2 N–H and O–H groups in total. The molecule has 0 bridgehead atoms. The van der Waals surface area contributed by atoms with Crippen LogP contribution >= 0.6 is 0 Å². The maximum atomic E-state index is 13.1. The fraction of sp³-hybridized carbons (Fsp3) is 0.500. The number of carbonyl (C=O) groups excluding carboxylic acids is 1. The Balaban J connectivity index is 1.39. The van der Waals surface area contributed by atoms with Crippen LogP contribution in [0.5, 0.6) is 11.8 Å². The average molecular weight is 581 g/mol. The van der Waals surface area contributed by atoms with Gasteiger partial charge in [0, 0.05) is 39.1 Å². The van der Waals surface area contributed by atoms with Gasteiger partial charge in [-0.1, -0.05) is 43.0 Å². The summed E-state index contributed by atoms with van der Waals surface area (Å²) in [6, 6.07) is 10.2. The van der Waals surface area contributed by atoms with Crippen molar-refractivity contribution < 1.29 is 18.7 Å². The monoisotopic (exact) mass is 580 g/mol. The van der Waals surface area contributed by atoms with E-state index in [9.17, 15) is 4.79 Å². The first-order valence-electron chi connectivity index (χ1n) is 14.2. The molecule has 1 aliphatic rings. The number of aromatic nitrogens is 2. The van der Waals surface area contributed by atoms with Gasteiger partial charge in [-0.05, 0) is 50.2 Å². The van der Waals surface area contributed by atoms with E-state index in [0.717, 1.165) is 44.9 Å². The second-order valence-corrected chi connectivity index (χ2v) is 16.7. The summed E-state index contributed by atoms with van der Waals surface area (Å²) in [5.74, 6) is 1.27. The molecular formula is C30H44N6O4Si.